The van der Waals surface area contributed by atoms with Crippen LogP contribution in [-0.4, -0.2) is 31.2 Å². The molecule has 4 N–H and O–H groups in total. The molecule has 0 spiro atoms. The predicted molar refractivity (Wildman–Crippen MR) is 73.0 cm³/mol. The number of nitrogens with two attached hydrogens (primary N) is 1. The molecule has 0 fully saturated rings. The largest absolute Gasteiger partial charge is 0.398 e. The Morgan fingerprint density at radius 2 is 2.16 bits per heavy atom. The maximum atomic E-state index is 12.2. The quantitative estimate of drug-likeness (QED) is 0.707. The van der Waals surface area contributed by atoms with Crippen molar-refractivity contribution >= 4 is 26.6 Å². The van der Waals surface area contributed by atoms with Gasteiger partial charge in [0.25, 0.3) is 0 Å². The molecule has 0 saturated carbocycles. The normalized spacial score (nSPS) is 13.6. The fourth-order valence-electron chi connectivity index (χ4n) is 1.75. The fourth-order valence-corrected chi connectivity index (χ4v) is 3.15. The fraction of sp³-hybridized carbons (Fsp3) is 0.250. The number of aromatic nitrogens is 1. The van der Waals surface area contributed by atoms with Gasteiger partial charge in [0.2, 0.25) is 10.0 Å². The Labute approximate surface area is 111 Å². The zero-order valence-corrected chi connectivity index (χ0v) is 11.2. The third kappa shape index (κ3) is 2.67. The van der Waals surface area contributed by atoms with Gasteiger partial charge in [-0.1, -0.05) is 0 Å². The van der Waals surface area contributed by atoms with E-state index in [9.17, 15) is 8.42 Å². The molecule has 0 aliphatic carbocycles. The van der Waals surface area contributed by atoms with E-state index >= 15 is 0 Å². The Morgan fingerprint density at radius 3 is 2.84 bits per heavy atom. The van der Waals surface area contributed by atoms with Gasteiger partial charge in [-0.05, 0) is 31.2 Å². The molecule has 1 aromatic carbocycles. The van der Waals surface area contributed by atoms with Crippen molar-refractivity contribution in [3.63, 3.8) is 0 Å². The summed E-state index contributed by atoms with van der Waals surface area (Å²) in [5, 5.41) is 9.53. The highest BCUT2D eigenvalue weighted by Crippen LogP contribution is 2.25. The van der Waals surface area contributed by atoms with Crippen LogP contribution in [0, 0.1) is 0 Å². The van der Waals surface area contributed by atoms with Crippen LogP contribution in [0.1, 0.15) is 6.92 Å². The maximum Gasteiger partial charge on any atom is 0.243 e. The number of hydrogen-bond acceptors (Lipinski definition) is 5. The highest BCUT2D eigenvalue weighted by atomic mass is 32.2. The van der Waals surface area contributed by atoms with Gasteiger partial charge in [-0.3, -0.25) is 4.98 Å². The monoisotopic (exact) mass is 281 g/mol. The summed E-state index contributed by atoms with van der Waals surface area (Å²) in [6.07, 6.45) is 1.51. The van der Waals surface area contributed by atoms with Crippen LogP contribution in [0.3, 0.4) is 0 Å². The summed E-state index contributed by atoms with van der Waals surface area (Å²) in [5.74, 6) is 0. The van der Waals surface area contributed by atoms with Crippen molar-refractivity contribution < 1.29 is 13.5 Å². The molecule has 0 saturated heterocycles. The number of sulfonamides is 1. The lowest BCUT2D eigenvalue weighted by Gasteiger charge is -2.13. The van der Waals surface area contributed by atoms with Crippen LogP contribution in [0.25, 0.3) is 10.9 Å². The van der Waals surface area contributed by atoms with Crippen LogP contribution in [0.4, 0.5) is 5.69 Å². The summed E-state index contributed by atoms with van der Waals surface area (Å²) in [4.78, 5) is 4.13. The minimum absolute atomic E-state index is 0.0533. The standard InChI is InChI=1S/C12H15N3O3S/c1-8(7-16)15-19(17,18)11-5-4-10(13)9-3-2-6-14-12(9)11/h2-6,8,15-16H,7,13H2,1H3/t8-/m0/s1. The Morgan fingerprint density at radius 1 is 1.42 bits per heavy atom. The van der Waals surface area contributed by atoms with Crippen molar-refractivity contribution in [2.75, 3.05) is 12.3 Å². The number of nitrogens with zero attached hydrogens (tertiary/aromatic N) is 1. The Hall–Kier alpha value is -1.70. The Balaban J connectivity index is 2.60. The Kier molecular flexibility index (Phi) is 3.70. The third-order valence-corrected chi connectivity index (χ3v) is 4.31. The molecule has 0 aliphatic rings. The van der Waals surface area contributed by atoms with Gasteiger partial charge in [0, 0.05) is 23.3 Å². The summed E-state index contributed by atoms with van der Waals surface area (Å²) >= 11 is 0. The van der Waals surface area contributed by atoms with Crippen molar-refractivity contribution in [3.05, 3.63) is 30.5 Å². The van der Waals surface area contributed by atoms with Crippen LogP contribution >= 0.6 is 0 Å². The van der Waals surface area contributed by atoms with Gasteiger partial charge >= 0.3 is 0 Å². The number of anilines is 1. The van der Waals surface area contributed by atoms with Gasteiger partial charge < -0.3 is 10.8 Å². The molecule has 6 nitrogen and oxygen atoms in total. The summed E-state index contributed by atoms with van der Waals surface area (Å²) in [7, 11) is -3.74. The smallest absolute Gasteiger partial charge is 0.243 e. The van der Waals surface area contributed by atoms with Crippen LogP contribution in [0.5, 0.6) is 0 Å². The molecule has 2 rings (SSSR count). The maximum absolute atomic E-state index is 12.2. The van der Waals surface area contributed by atoms with E-state index in [-0.39, 0.29) is 11.5 Å². The molecule has 19 heavy (non-hydrogen) atoms. The number of benzene rings is 1. The van der Waals surface area contributed by atoms with Crippen molar-refractivity contribution in [2.45, 2.75) is 17.9 Å². The minimum atomic E-state index is -3.74. The number of aliphatic hydroxyl groups excluding tert-OH is 1. The van der Waals surface area contributed by atoms with E-state index in [4.69, 9.17) is 10.8 Å². The second kappa shape index (κ2) is 5.12. The van der Waals surface area contributed by atoms with E-state index in [0.717, 1.165) is 0 Å². The number of nitrogens with one attached hydrogen (secondary N) is 1. The van der Waals surface area contributed by atoms with Crippen molar-refractivity contribution in [3.8, 4) is 0 Å². The van der Waals surface area contributed by atoms with Crippen molar-refractivity contribution in [2.24, 2.45) is 0 Å². The molecule has 2 aromatic rings. The van der Waals surface area contributed by atoms with E-state index in [2.05, 4.69) is 9.71 Å². The molecule has 1 heterocycles. The summed E-state index contributed by atoms with van der Waals surface area (Å²) in [6, 6.07) is 5.78. The molecular weight excluding hydrogens is 266 g/mol. The molecular formula is C12H15N3O3S. The number of rotatable bonds is 4. The number of hydrogen-bond donors (Lipinski definition) is 3. The minimum Gasteiger partial charge on any atom is -0.398 e. The van der Waals surface area contributed by atoms with Gasteiger partial charge in [-0.2, -0.15) is 0 Å². The van der Waals surface area contributed by atoms with E-state index in [1.165, 1.54) is 18.3 Å². The zero-order valence-electron chi connectivity index (χ0n) is 10.4. The molecule has 7 heteroatoms. The van der Waals surface area contributed by atoms with Gasteiger partial charge in [0.05, 0.1) is 12.1 Å². The summed E-state index contributed by atoms with van der Waals surface area (Å²) < 4.78 is 26.8. The molecule has 0 bridgehead atoms. The molecule has 1 atom stereocenters. The van der Waals surface area contributed by atoms with Crippen LogP contribution < -0.4 is 10.5 Å². The van der Waals surface area contributed by atoms with Crippen molar-refractivity contribution in [1.82, 2.24) is 9.71 Å². The van der Waals surface area contributed by atoms with Gasteiger partial charge in [-0.25, -0.2) is 13.1 Å². The van der Waals surface area contributed by atoms with Gasteiger partial charge in [0.1, 0.15) is 4.90 Å². The zero-order chi connectivity index (χ0) is 14.0. The number of aliphatic hydroxyl groups is 1. The number of pyridine rings is 1. The SMILES string of the molecule is C[C@@H](CO)NS(=O)(=O)c1ccc(N)c2cccnc12. The summed E-state index contributed by atoms with van der Waals surface area (Å²) in [6.45, 7) is 1.30. The van der Waals surface area contributed by atoms with E-state index in [1.807, 2.05) is 0 Å². The molecule has 0 aliphatic heterocycles. The second-order valence-electron chi connectivity index (χ2n) is 4.26. The lowest BCUT2D eigenvalue weighted by atomic mass is 10.2. The first-order chi connectivity index (χ1) is 8.95. The molecule has 1 aromatic heterocycles. The summed E-state index contributed by atoms with van der Waals surface area (Å²) in [5.41, 5.74) is 6.59. The van der Waals surface area contributed by atoms with Gasteiger partial charge in [0.15, 0.2) is 0 Å². The lowest BCUT2D eigenvalue weighted by Crippen LogP contribution is -2.35. The van der Waals surface area contributed by atoms with Crippen LogP contribution in [0.15, 0.2) is 35.4 Å². The molecule has 0 amide bonds. The first-order valence-electron chi connectivity index (χ1n) is 5.72. The average Bonchev–Trinajstić information content (AvgIpc) is 2.38. The van der Waals surface area contributed by atoms with E-state index in [1.54, 1.807) is 19.1 Å². The van der Waals surface area contributed by atoms with Crippen molar-refractivity contribution in [1.29, 1.82) is 0 Å². The number of fused-ring (bicyclic) bond motifs is 1. The predicted octanol–water partition coefficient (Wildman–Crippen LogP) is 0.476. The molecule has 102 valence electrons. The molecule has 0 radical (unpaired) electrons. The highest BCUT2D eigenvalue weighted by Gasteiger charge is 2.21. The van der Waals surface area contributed by atoms with Crippen LogP contribution in [-0.2, 0) is 10.0 Å². The van der Waals surface area contributed by atoms with Crippen LogP contribution in [0.2, 0.25) is 0 Å². The van der Waals surface area contributed by atoms with E-state index < -0.39 is 16.1 Å². The molecule has 0 unspecified atom stereocenters. The lowest BCUT2D eigenvalue weighted by molar-refractivity contribution is 0.265. The first-order valence-corrected chi connectivity index (χ1v) is 7.20. The highest BCUT2D eigenvalue weighted by molar-refractivity contribution is 7.89. The topological polar surface area (TPSA) is 105 Å². The number of nitrogen functional groups attached to an aromatic ring is 1. The third-order valence-electron chi connectivity index (χ3n) is 2.69. The second-order valence-corrected chi connectivity index (χ2v) is 5.94. The first kappa shape index (κ1) is 13.7. The Bertz CT molecular complexity index is 700. The van der Waals surface area contributed by atoms with Gasteiger partial charge in [-0.15, -0.1) is 0 Å². The average molecular weight is 281 g/mol. The van der Waals surface area contributed by atoms with E-state index in [0.29, 0.717) is 16.6 Å².